The molecule has 1 fully saturated rings. The molecule has 1 heterocycles. The Labute approximate surface area is 118 Å². The van der Waals surface area contributed by atoms with E-state index in [0.29, 0.717) is 0 Å². The van der Waals surface area contributed by atoms with Gasteiger partial charge in [-0.2, -0.15) is 0 Å². The predicted molar refractivity (Wildman–Crippen MR) is 77.4 cm³/mol. The Bertz CT molecular complexity index is 583. The highest BCUT2D eigenvalue weighted by Gasteiger charge is 2.19. The van der Waals surface area contributed by atoms with Crippen LogP contribution in [-0.4, -0.2) is 25.3 Å². The molecule has 20 heavy (non-hydrogen) atoms. The van der Waals surface area contributed by atoms with E-state index in [9.17, 15) is 4.79 Å². The number of amides is 1. The molecule has 4 nitrogen and oxygen atoms in total. The van der Waals surface area contributed by atoms with Crippen molar-refractivity contribution in [3.05, 3.63) is 29.8 Å². The number of aliphatic imine (C=N–C) groups is 1. The van der Waals surface area contributed by atoms with Crippen LogP contribution in [0.25, 0.3) is 5.57 Å². The molecule has 0 aromatic heterocycles. The molecular weight excluding hydrogens is 254 g/mol. The lowest BCUT2D eigenvalue weighted by molar-refractivity contribution is -0.113. The zero-order chi connectivity index (χ0) is 13.9. The third-order valence-electron chi connectivity index (χ3n) is 3.70. The number of carbonyl (C=O) groups is 1. The first kappa shape index (κ1) is 12.9. The van der Waals surface area contributed by atoms with Gasteiger partial charge in [-0.05, 0) is 43.4 Å². The van der Waals surface area contributed by atoms with Crippen LogP contribution in [0.3, 0.4) is 0 Å². The fourth-order valence-electron chi connectivity index (χ4n) is 2.63. The smallest absolute Gasteiger partial charge is 0.270 e. The van der Waals surface area contributed by atoms with Crippen LogP contribution >= 0.6 is 0 Å². The molecule has 1 aliphatic heterocycles. The second-order valence-corrected chi connectivity index (χ2v) is 5.09. The van der Waals surface area contributed by atoms with E-state index >= 15 is 0 Å². The van der Waals surface area contributed by atoms with E-state index in [1.165, 1.54) is 18.9 Å². The van der Waals surface area contributed by atoms with Gasteiger partial charge >= 0.3 is 0 Å². The van der Waals surface area contributed by atoms with Crippen LogP contribution in [-0.2, 0) is 4.79 Å². The molecule has 1 amide bonds. The Kier molecular flexibility index (Phi) is 3.54. The fourth-order valence-corrected chi connectivity index (χ4v) is 2.63. The van der Waals surface area contributed by atoms with Crippen LogP contribution in [0.4, 0.5) is 0 Å². The summed E-state index contributed by atoms with van der Waals surface area (Å²) < 4.78 is 11.4. The lowest BCUT2D eigenvalue weighted by Gasteiger charge is -2.16. The van der Waals surface area contributed by atoms with Crippen molar-refractivity contribution in [1.82, 2.24) is 0 Å². The van der Waals surface area contributed by atoms with Crippen molar-refractivity contribution < 1.29 is 14.3 Å². The quantitative estimate of drug-likeness (QED) is 0.845. The van der Waals surface area contributed by atoms with Crippen molar-refractivity contribution in [3.63, 3.8) is 0 Å². The van der Waals surface area contributed by atoms with Crippen LogP contribution in [0.2, 0.25) is 0 Å². The monoisotopic (exact) mass is 271 g/mol. The van der Waals surface area contributed by atoms with Crippen molar-refractivity contribution in [2.45, 2.75) is 31.8 Å². The molecule has 104 valence electrons. The standard InChI is InChI=1S/C16H17NO3/c1-19-14-7-6-11(12-9-16(18)17-10-12)8-15(14)20-13-4-2-3-5-13/h6-10,13H,2-5H2,1H3. The molecule has 1 aromatic rings. The van der Waals surface area contributed by atoms with Crippen molar-refractivity contribution in [1.29, 1.82) is 0 Å². The molecule has 1 saturated carbocycles. The van der Waals surface area contributed by atoms with E-state index < -0.39 is 0 Å². The largest absolute Gasteiger partial charge is 0.493 e. The second kappa shape index (κ2) is 5.49. The van der Waals surface area contributed by atoms with Crippen molar-refractivity contribution in [2.75, 3.05) is 7.11 Å². The molecule has 0 N–H and O–H groups in total. The molecule has 2 aliphatic rings. The summed E-state index contributed by atoms with van der Waals surface area (Å²) in [7, 11) is 1.64. The normalized spacial score (nSPS) is 18.4. The summed E-state index contributed by atoms with van der Waals surface area (Å²) in [6.07, 6.45) is 8.02. The minimum atomic E-state index is -0.214. The molecule has 0 radical (unpaired) electrons. The van der Waals surface area contributed by atoms with Gasteiger partial charge in [0.2, 0.25) is 0 Å². The SMILES string of the molecule is COc1ccc(C2=CC(=O)N=C2)cc1OC1CCCC1. The number of ether oxygens (including phenoxy) is 2. The van der Waals surface area contributed by atoms with Gasteiger partial charge in [-0.3, -0.25) is 4.79 Å². The number of allylic oxidation sites excluding steroid dienone is 1. The first-order valence-corrected chi connectivity index (χ1v) is 6.91. The third-order valence-corrected chi connectivity index (χ3v) is 3.70. The molecule has 0 unspecified atom stereocenters. The number of hydrogen-bond acceptors (Lipinski definition) is 3. The van der Waals surface area contributed by atoms with Gasteiger partial charge in [0.05, 0.1) is 13.2 Å². The topological polar surface area (TPSA) is 47.9 Å². The van der Waals surface area contributed by atoms with Gasteiger partial charge in [-0.1, -0.05) is 6.07 Å². The summed E-state index contributed by atoms with van der Waals surface area (Å²) in [5.74, 6) is 1.25. The minimum absolute atomic E-state index is 0.214. The third kappa shape index (κ3) is 2.59. The Morgan fingerprint density at radius 3 is 2.65 bits per heavy atom. The van der Waals surface area contributed by atoms with Gasteiger partial charge in [0.25, 0.3) is 5.91 Å². The molecule has 0 atom stereocenters. The summed E-state index contributed by atoms with van der Waals surface area (Å²) in [6.45, 7) is 0. The number of benzene rings is 1. The Morgan fingerprint density at radius 2 is 2.00 bits per heavy atom. The van der Waals surface area contributed by atoms with E-state index in [0.717, 1.165) is 35.5 Å². The zero-order valence-electron chi connectivity index (χ0n) is 11.5. The number of hydrogen-bond donors (Lipinski definition) is 0. The summed E-state index contributed by atoms with van der Waals surface area (Å²) in [5, 5.41) is 0. The van der Waals surface area contributed by atoms with Gasteiger partial charge in [-0.15, -0.1) is 0 Å². The van der Waals surface area contributed by atoms with Crippen molar-refractivity contribution >= 4 is 17.7 Å². The zero-order valence-corrected chi connectivity index (χ0v) is 11.5. The Balaban J connectivity index is 1.88. The second-order valence-electron chi connectivity index (χ2n) is 5.09. The molecule has 1 aliphatic carbocycles. The molecule has 0 spiro atoms. The Morgan fingerprint density at radius 1 is 1.20 bits per heavy atom. The molecule has 1 aromatic carbocycles. The van der Waals surface area contributed by atoms with E-state index in [1.807, 2.05) is 18.2 Å². The first-order chi connectivity index (χ1) is 9.76. The molecule has 0 bridgehead atoms. The lowest BCUT2D eigenvalue weighted by atomic mass is 10.1. The highest BCUT2D eigenvalue weighted by atomic mass is 16.5. The van der Waals surface area contributed by atoms with Crippen LogP contribution in [0.1, 0.15) is 31.2 Å². The first-order valence-electron chi connectivity index (χ1n) is 6.91. The van der Waals surface area contributed by atoms with Gasteiger partial charge in [0, 0.05) is 17.9 Å². The van der Waals surface area contributed by atoms with Crippen LogP contribution in [0.5, 0.6) is 11.5 Å². The minimum Gasteiger partial charge on any atom is -0.493 e. The van der Waals surface area contributed by atoms with Gasteiger partial charge in [0.15, 0.2) is 11.5 Å². The van der Waals surface area contributed by atoms with E-state index in [4.69, 9.17) is 9.47 Å². The number of carbonyl (C=O) groups excluding carboxylic acids is 1. The van der Waals surface area contributed by atoms with E-state index in [-0.39, 0.29) is 12.0 Å². The number of rotatable bonds is 4. The molecule has 3 rings (SSSR count). The van der Waals surface area contributed by atoms with Crippen LogP contribution in [0.15, 0.2) is 29.3 Å². The van der Waals surface area contributed by atoms with Gasteiger partial charge in [-0.25, -0.2) is 4.99 Å². The highest BCUT2D eigenvalue weighted by Crippen LogP contribution is 2.34. The van der Waals surface area contributed by atoms with Crippen LogP contribution in [0, 0.1) is 0 Å². The maximum atomic E-state index is 11.2. The highest BCUT2D eigenvalue weighted by molar-refractivity contribution is 6.24. The molecule has 0 saturated heterocycles. The molecule has 4 heteroatoms. The van der Waals surface area contributed by atoms with E-state index in [2.05, 4.69) is 4.99 Å². The van der Waals surface area contributed by atoms with E-state index in [1.54, 1.807) is 13.3 Å². The van der Waals surface area contributed by atoms with Gasteiger partial charge in [0.1, 0.15) is 0 Å². The van der Waals surface area contributed by atoms with Gasteiger partial charge < -0.3 is 9.47 Å². The average Bonchev–Trinajstić information content (AvgIpc) is 3.10. The van der Waals surface area contributed by atoms with Crippen molar-refractivity contribution in [3.8, 4) is 11.5 Å². The van der Waals surface area contributed by atoms with Crippen molar-refractivity contribution in [2.24, 2.45) is 4.99 Å². The summed E-state index contributed by atoms with van der Waals surface area (Å²) in [5.41, 5.74) is 1.74. The van der Waals surface area contributed by atoms with Crippen LogP contribution < -0.4 is 9.47 Å². The fraction of sp³-hybridized carbons (Fsp3) is 0.375. The maximum absolute atomic E-state index is 11.2. The predicted octanol–water partition coefficient (Wildman–Crippen LogP) is 3.01. The number of nitrogens with zero attached hydrogens (tertiary/aromatic N) is 1. The lowest BCUT2D eigenvalue weighted by Crippen LogP contribution is -2.11. The summed E-state index contributed by atoms with van der Waals surface area (Å²) in [4.78, 5) is 14.9. The summed E-state index contributed by atoms with van der Waals surface area (Å²) >= 11 is 0. The Hall–Kier alpha value is -2.10. The average molecular weight is 271 g/mol. The maximum Gasteiger partial charge on any atom is 0.270 e. The summed E-state index contributed by atoms with van der Waals surface area (Å²) in [6, 6.07) is 5.71. The number of methoxy groups -OCH3 is 1. The molecular formula is C16H17NO3.